The summed E-state index contributed by atoms with van der Waals surface area (Å²) in [4.78, 5) is 10.4. The second kappa shape index (κ2) is 12.4. The number of hydrogen-bond donors (Lipinski definition) is 0. The first kappa shape index (κ1) is 30.7. The maximum Gasteiger partial charge on any atom is 0.159 e. The molecule has 0 aliphatic carbocycles. The Kier molecular flexibility index (Phi) is 7.04. The van der Waals surface area contributed by atoms with Crippen LogP contribution in [-0.4, -0.2) is 14.5 Å². The summed E-state index contributed by atoms with van der Waals surface area (Å²) < 4.78 is 5.02. The molecule has 11 aromatic rings. The van der Waals surface area contributed by atoms with Crippen molar-refractivity contribution < 1.29 is 0 Å². The number of fused-ring (bicyclic) bond motifs is 10. The lowest BCUT2D eigenvalue weighted by Crippen LogP contribution is -2.03. The highest BCUT2D eigenvalue weighted by atomic mass is 32.1. The molecule has 3 heterocycles. The van der Waals surface area contributed by atoms with Gasteiger partial charge in [-0.25, -0.2) is 9.97 Å². The Bertz CT molecular complexity index is 3180. The van der Waals surface area contributed by atoms with E-state index in [1.54, 1.807) is 0 Å². The molecule has 54 heavy (non-hydrogen) atoms. The van der Waals surface area contributed by atoms with E-state index in [1.807, 2.05) is 35.7 Å². The smallest absolute Gasteiger partial charge is 0.159 e. The molecule has 11 rings (SSSR count). The van der Waals surface area contributed by atoms with Crippen molar-refractivity contribution in [1.82, 2.24) is 14.5 Å². The van der Waals surface area contributed by atoms with E-state index in [1.165, 1.54) is 64.0 Å². The van der Waals surface area contributed by atoms with E-state index in [9.17, 15) is 0 Å². The summed E-state index contributed by atoms with van der Waals surface area (Å²) in [5, 5.41) is 7.47. The lowest BCUT2D eigenvalue weighted by atomic mass is 9.96. The van der Waals surface area contributed by atoms with Crippen LogP contribution in [0.15, 0.2) is 188 Å². The Morgan fingerprint density at radius 3 is 1.65 bits per heavy atom. The van der Waals surface area contributed by atoms with Crippen molar-refractivity contribution in [3.05, 3.63) is 188 Å². The third kappa shape index (κ3) is 4.81. The number of rotatable bonds is 5. The van der Waals surface area contributed by atoms with Crippen molar-refractivity contribution in [3.63, 3.8) is 0 Å². The zero-order valence-electron chi connectivity index (χ0n) is 29.1. The van der Waals surface area contributed by atoms with Crippen molar-refractivity contribution in [2.24, 2.45) is 0 Å². The van der Waals surface area contributed by atoms with Gasteiger partial charge in [-0.3, -0.25) is 0 Å². The maximum atomic E-state index is 5.35. The lowest BCUT2D eigenvalue weighted by Gasteiger charge is -2.15. The zero-order valence-corrected chi connectivity index (χ0v) is 30.0. The molecule has 0 atom stereocenters. The average Bonchev–Trinajstić information content (AvgIpc) is 3.80. The standard InChI is InChI=1S/C50H31N3S/c1-5-15-32(16-6-1)36-25-27-42-40(29-36)45-46-41-30-37(33-17-7-2-8-18-33)26-28-44(41)54-49(46)39-24-14-13-23-38(39)48(45)53(42)43-31-51-50(35-21-11-4-12-22-35)52-47(43)34-19-9-3-10-20-34/h1-31H. The van der Waals surface area contributed by atoms with Crippen molar-refractivity contribution >= 4 is 64.1 Å². The average molecular weight is 706 g/mol. The van der Waals surface area contributed by atoms with Gasteiger partial charge in [0.25, 0.3) is 0 Å². The minimum Gasteiger partial charge on any atom is -0.305 e. The van der Waals surface area contributed by atoms with Crippen LogP contribution in [0.1, 0.15) is 0 Å². The maximum absolute atomic E-state index is 5.35. The van der Waals surface area contributed by atoms with Crippen LogP contribution < -0.4 is 0 Å². The summed E-state index contributed by atoms with van der Waals surface area (Å²) in [6.07, 6.45) is 2.03. The largest absolute Gasteiger partial charge is 0.305 e. The summed E-state index contributed by atoms with van der Waals surface area (Å²) in [6.45, 7) is 0. The second-order valence-corrected chi connectivity index (χ2v) is 14.8. The molecule has 0 aliphatic rings. The third-order valence-electron chi connectivity index (χ3n) is 10.6. The van der Waals surface area contributed by atoms with Crippen molar-refractivity contribution in [3.8, 4) is 50.6 Å². The molecule has 0 aliphatic heterocycles. The number of hydrogen-bond acceptors (Lipinski definition) is 3. The molecule has 0 bridgehead atoms. The molecule has 0 fully saturated rings. The molecule has 0 amide bonds. The van der Waals surface area contributed by atoms with Crippen LogP contribution in [0.4, 0.5) is 0 Å². The van der Waals surface area contributed by atoms with E-state index in [0.717, 1.165) is 33.5 Å². The van der Waals surface area contributed by atoms with Crippen LogP contribution in [-0.2, 0) is 0 Å². The fourth-order valence-corrected chi connectivity index (χ4v) is 9.40. The van der Waals surface area contributed by atoms with Gasteiger partial charge in [-0.05, 0) is 46.5 Å². The number of thiophene rings is 1. The Morgan fingerprint density at radius 1 is 0.426 bits per heavy atom. The predicted octanol–water partition coefficient (Wildman–Crippen LogP) is 13.8. The van der Waals surface area contributed by atoms with Gasteiger partial charge < -0.3 is 4.57 Å². The summed E-state index contributed by atoms with van der Waals surface area (Å²) >= 11 is 1.89. The van der Waals surface area contributed by atoms with Crippen molar-refractivity contribution in [2.75, 3.05) is 0 Å². The highest BCUT2D eigenvalue weighted by Gasteiger charge is 2.25. The molecule has 0 saturated carbocycles. The summed E-state index contributed by atoms with van der Waals surface area (Å²) in [5.41, 5.74) is 11.0. The van der Waals surface area contributed by atoms with E-state index in [0.29, 0.717) is 5.82 Å². The SMILES string of the molecule is c1ccc(-c2ccc3sc4c5ccccc5c5c(c6cc(-c7ccccc7)ccc6n5-c5cnc(-c6ccccc6)nc5-c5ccccc5)c4c3c2)cc1. The first-order valence-electron chi connectivity index (χ1n) is 18.2. The first-order chi connectivity index (χ1) is 26.8. The predicted molar refractivity (Wildman–Crippen MR) is 229 cm³/mol. The minimum absolute atomic E-state index is 0.704. The van der Waals surface area contributed by atoms with Crippen LogP contribution in [0.3, 0.4) is 0 Å². The Balaban J connectivity index is 1.33. The van der Waals surface area contributed by atoms with Gasteiger partial charge in [0.05, 0.1) is 28.6 Å². The molecule has 0 saturated heterocycles. The molecule has 0 N–H and O–H groups in total. The van der Waals surface area contributed by atoms with Crippen LogP contribution >= 0.6 is 11.3 Å². The molecule has 8 aromatic carbocycles. The van der Waals surface area contributed by atoms with Gasteiger partial charge in [0.15, 0.2) is 5.82 Å². The Hall–Kier alpha value is -6.88. The molecule has 3 aromatic heterocycles. The van der Waals surface area contributed by atoms with E-state index in [4.69, 9.17) is 9.97 Å². The molecular weight excluding hydrogens is 675 g/mol. The summed E-state index contributed by atoms with van der Waals surface area (Å²) in [5.74, 6) is 0.704. The fourth-order valence-electron chi connectivity index (χ4n) is 8.17. The van der Waals surface area contributed by atoms with Gasteiger partial charge >= 0.3 is 0 Å². The van der Waals surface area contributed by atoms with Crippen LogP contribution in [0, 0.1) is 0 Å². The van der Waals surface area contributed by atoms with Gasteiger partial charge in [-0.15, -0.1) is 11.3 Å². The Morgan fingerprint density at radius 2 is 0.981 bits per heavy atom. The third-order valence-corrected chi connectivity index (χ3v) is 11.8. The van der Waals surface area contributed by atoms with E-state index < -0.39 is 0 Å². The topological polar surface area (TPSA) is 30.7 Å². The number of nitrogens with zero attached hydrogens (tertiary/aromatic N) is 3. The summed E-state index contributed by atoms with van der Waals surface area (Å²) in [7, 11) is 0. The van der Waals surface area contributed by atoms with Gasteiger partial charge in [0.2, 0.25) is 0 Å². The van der Waals surface area contributed by atoms with E-state index >= 15 is 0 Å². The normalized spacial score (nSPS) is 11.7. The van der Waals surface area contributed by atoms with E-state index in [2.05, 4.69) is 168 Å². The molecule has 252 valence electrons. The monoisotopic (exact) mass is 705 g/mol. The fraction of sp³-hybridized carbons (Fsp3) is 0. The quantitative estimate of drug-likeness (QED) is 0.178. The molecule has 4 heteroatoms. The van der Waals surface area contributed by atoms with Gasteiger partial charge in [0.1, 0.15) is 0 Å². The number of benzene rings is 8. The molecule has 0 unspecified atom stereocenters. The van der Waals surface area contributed by atoms with Crippen LogP contribution in [0.5, 0.6) is 0 Å². The Labute approximate surface area is 316 Å². The minimum atomic E-state index is 0.704. The van der Waals surface area contributed by atoms with Crippen molar-refractivity contribution in [1.29, 1.82) is 0 Å². The highest BCUT2D eigenvalue weighted by molar-refractivity contribution is 7.27. The lowest BCUT2D eigenvalue weighted by molar-refractivity contribution is 1.09. The molecule has 0 spiro atoms. The van der Waals surface area contributed by atoms with Crippen LogP contribution in [0.25, 0.3) is 103 Å². The molecule has 3 nitrogen and oxygen atoms in total. The van der Waals surface area contributed by atoms with Gasteiger partial charge in [0, 0.05) is 52.8 Å². The van der Waals surface area contributed by atoms with Gasteiger partial charge in [-0.1, -0.05) is 158 Å². The van der Waals surface area contributed by atoms with Crippen molar-refractivity contribution in [2.45, 2.75) is 0 Å². The molecule has 0 radical (unpaired) electrons. The van der Waals surface area contributed by atoms with Gasteiger partial charge in [-0.2, -0.15) is 0 Å². The highest BCUT2D eigenvalue weighted by Crippen LogP contribution is 2.49. The second-order valence-electron chi connectivity index (χ2n) is 13.7. The summed E-state index contributed by atoms with van der Waals surface area (Å²) in [6, 6.07) is 65.0. The number of aromatic nitrogens is 3. The first-order valence-corrected chi connectivity index (χ1v) is 19.1. The zero-order chi connectivity index (χ0) is 35.6. The molecular formula is C50H31N3S. The van der Waals surface area contributed by atoms with E-state index in [-0.39, 0.29) is 0 Å². The van der Waals surface area contributed by atoms with Crippen LogP contribution in [0.2, 0.25) is 0 Å².